The van der Waals surface area contributed by atoms with Crippen molar-refractivity contribution in [2.75, 3.05) is 20.2 Å². The summed E-state index contributed by atoms with van der Waals surface area (Å²) in [5, 5.41) is 0. The molecule has 0 N–H and O–H groups in total. The molecule has 3 rings (SSSR count). The summed E-state index contributed by atoms with van der Waals surface area (Å²) >= 11 is 0. The Balaban J connectivity index is 1.86. The molecule has 4 heteroatoms. The van der Waals surface area contributed by atoms with Crippen molar-refractivity contribution in [1.29, 1.82) is 0 Å². The molecule has 0 aromatic heterocycles. The monoisotopic (exact) mass is 337 g/mol. The van der Waals surface area contributed by atoms with E-state index in [4.69, 9.17) is 4.74 Å². The number of amides is 1. The highest BCUT2D eigenvalue weighted by atomic mass is 16.5. The number of hydrogen-bond acceptors (Lipinski definition) is 3. The molecule has 2 aromatic rings. The maximum Gasteiger partial charge on any atom is 0.254 e. The Hall–Kier alpha value is -2.46. The average Bonchev–Trinajstić information content (AvgIpc) is 2.67. The van der Waals surface area contributed by atoms with Crippen LogP contribution >= 0.6 is 0 Å². The molecule has 0 unspecified atom stereocenters. The summed E-state index contributed by atoms with van der Waals surface area (Å²) in [4.78, 5) is 27.7. The zero-order chi connectivity index (χ0) is 17.8. The molecule has 0 radical (unpaired) electrons. The molecular weight excluding hydrogens is 314 g/mol. The molecule has 0 spiro atoms. The van der Waals surface area contributed by atoms with Crippen molar-refractivity contribution in [3.63, 3.8) is 0 Å². The van der Waals surface area contributed by atoms with Crippen LogP contribution < -0.4 is 0 Å². The van der Waals surface area contributed by atoms with E-state index in [1.165, 1.54) is 0 Å². The number of carbonyl (C=O) groups excluding carboxylic acids is 2. The lowest BCUT2D eigenvalue weighted by Gasteiger charge is -2.36. The zero-order valence-corrected chi connectivity index (χ0v) is 14.6. The van der Waals surface area contributed by atoms with Crippen LogP contribution in [0.4, 0.5) is 0 Å². The Morgan fingerprint density at radius 2 is 1.64 bits per heavy atom. The van der Waals surface area contributed by atoms with Gasteiger partial charge in [0.25, 0.3) is 5.91 Å². The van der Waals surface area contributed by atoms with Crippen molar-refractivity contribution in [2.24, 2.45) is 5.92 Å². The molecule has 2 aromatic carbocycles. The second-order valence-electron chi connectivity index (χ2n) is 6.53. The average molecular weight is 337 g/mol. The van der Waals surface area contributed by atoms with Gasteiger partial charge in [0.1, 0.15) is 0 Å². The number of piperidine rings is 1. The molecule has 130 valence electrons. The number of ketones is 1. The summed E-state index contributed by atoms with van der Waals surface area (Å²) in [6, 6.07) is 16.1. The van der Waals surface area contributed by atoms with Gasteiger partial charge in [0.05, 0.1) is 11.7 Å². The number of carbonyl (C=O) groups is 2. The summed E-state index contributed by atoms with van der Waals surface area (Å²) in [5.41, 5.74) is 1.52. The molecule has 4 nitrogen and oxygen atoms in total. The molecule has 1 aliphatic heterocycles. The van der Waals surface area contributed by atoms with E-state index in [9.17, 15) is 9.59 Å². The Morgan fingerprint density at radius 3 is 2.28 bits per heavy atom. The van der Waals surface area contributed by atoms with E-state index >= 15 is 0 Å². The Bertz CT molecular complexity index is 757. The van der Waals surface area contributed by atoms with E-state index in [2.05, 4.69) is 6.92 Å². The third kappa shape index (κ3) is 3.64. The molecule has 25 heavy (non-hydrogen) atoms. The maximum absolute atomic E-state index is 13.0. The van der Waals surface area contributed by atoms with Gasteiger partial charge >= 0.3 is 0 Å². The van der Waals surface area contributed by atoms with Crippen molar-refractivity contribution in [3.8, 4) is 0 Å². The highest BCUT2D eigenvalue weighted by Gasteiger charge is 2.30. The summed E-state index contributed by atoms with van der Waals surface area (Å²) in [7, 11) is 1.71. The number of hydrogen-bond donors (Lipinski definition) is 0. The Labute approximate surface area is 148 Å². The van der Waals surface area contributed by atoms with Crippen LogP contribution in [0.2, 0.25) is 0 Å². The first-order chi connectivity index (χ1) is 12.1. The van der Waals surface area contributed by atoms with Crippen molar-refractivity contribution in [1.82, 2.24) is 4.90 Å². The lowest BCUT2D eigenvalue weighted by atomic mass is 9.94. The van der Waals surface area contributed by atoms with Crippen LogP contribution in [0.3, 0.4) is 0 Å². The fourth-order valence-electron chi connectivity index (χ4n) is 3.44. The van der Waals surface area contributed by atoms with Crippen molar-refractivity contribution in [3.05, 3.63) is 71.3 Å². The van der Waals surface area contributed by atoms with E-state index in [0.29, 0.717) is 29.8 Å². The van der Waals surface area contributed by atoms with E-state index in [-0.39, 0.29) is 23.7 Å². The van der Waals surface area contributed by atoms with Crippen LogP contribution in [0.25, 0.3) is 0 Å². The van der Waals surface area contributed by atoms with Gasteiger partial charge in [-0.15, -0.1) is 0 Å². The number of rotatable bonds is 4. The molecule has 1 fully saturated rings. The van der Waals surface area contributed by atoms with Gasteiger partial charge in [-0.1, -0.05) is 55.5 Å². The molecule has 1 aliphatic rings. The van der Waals surface area contributed by atoms with Crippen molar-refractivity contribution >= 4 is 11.7 Å². The van der Waals surface area contributed by atoms with Crippen molar-refractivity contribution in [2.45, 2.75) is 19.4 Å². The summed E-state index contributed by atoms with van der Waals surface area (Å²) < 4.78 is 5.46. The van der Waals surface area contributed by atoms with Gasteiger partial charge in [0, 0.05) is 31.3 Å². The second kappa shape index (κ2) is 7.62. The van der Waals surface area contributed by atoms with E-state index < -0.39 is 0 Å². The minimum Gasteiger partial charge on any atom is -0.381 e. The number of likely N-dealkylation sites (tertiary alicyclic amines) is 1. The Morgan fingerprint density at radius 1 is 1.00 bits per heavy atom. The largest absolute Gasteiger partial charge is 0.381 e. The molecule has 1 saturated heterocycles. The summed E-state index contributed by atoms with van der Waals surface area (Å²) in [5.74, 6) is 0.0744. The van der Waals surface area contributed by atoms with E-state index in [1.807, 2.05) is 23.1 Å². The SMILES string of the molecule is CO[C@H]1CCN(C(=O)c2ccccc2C(=O)c2ccccc2)C[C@H]1C. The lowest BCUT2D eigenvalue weighted by Crippen LogP contribution is -2.45. The van der Waals surface area contributed by atoms with Gasteiger partial charge in [-0.25, -0.2) is 0 Å². The molecule has 1 amide bonds. The number of benzene rings is 2. The van der Waals surface area contributed by atoms with Gasteiger partial charge in [-0.3, -0.25) is 9.59 Å². The van der Waals surface area contributed by atoms with Crippen LogP contribution in [-0.4, -0.2) is 42.9 Å². The highest BCUT2D eigenvalue weighted by Crippen LogP contribution is 2.23. The molecule has 0 bridgehead atoms. The minimum absolute atomic E-state index is 0.0821. The first kappa shape index (κ1) is 17.4. The molecule has 1 heterocycles. The van der Waals surface area contributed by atoms with Crippen LogP contribution in [0.1, 0.15) is 39.6 Å². The minimum atomic E-state index is -0.121. The molecule has 0 saturated carbocycles. The molecule has 2 atom stereocenters. The van der Waals surface area contributed by atoms with Crippen molar-refractivity contribution < 1.29 is 14.3 Å². The Kier molecular flexibility index (Phi) is 5.29. The zero-order valence-electron chi connectivity index (χ0n) is 14.6. The fraction of sp³-hybridized carbons (Fsp3) is 0.333. The highest BCUT2D eigenvalue weighted by molar-refractivity contribution is 6.15. The van der Waals surface area contributed by atoms with Gasteiger partial charge in [-0.05, 0) is 18.4 Å². The normalized spacial score (nSPS) is 20.3. The molecule has 0 aliphatic carbocycles. The topological polar surface area (TPSA) is 46.6 Å². The smallest absolute Gasteiger partial charge is 0.254 e. The van der Waals surface area contributed by atoms with Gasteiger partial charge < -0.3 is 9.64 Å². The third-order valence-electron chi connectivity index (χ3n) is 4.85. The van der Waals surface area contributed by atoms with E-state index in [0.717, 1.165) is 6.42 Å². The second-order valence-corrected chi connectivity index (χ2v) is 6.53. The predicted molar refractivity (Wildman–Crippen MR) is 96.8 cm³/mol. The fourth-order valence-corrected chi connectivity index (χ4v) is 3.44. The lowest BCUT2D eigenvalue weighted by molar-refractivity contribution is 0.00292. The van der Waals surface area contributed by atoms with Gasteiger partial charge in [0.2, 0.25) is 0 Å². The quantitative estimate of drug-likeness (QED) is 0.803. The standard InChI is InChI=1S/C21H23NO3/c1-15-14-22(13-12-19(15)25-2)21(24)18-11-7-6-10-17(18)20(23)16-8-4-3-5-9-16/h3-11,15,19H,12-14H2,1-2H3/t15-,19+/m1/s1. The summed E-state index contributed by atoms with van der Waals surface area (Å²) in [6.07, 6.45) is 1.00. The number of nitrogens with zero attached hydrogens (tertiary/aromatic N) is 1. The third-order valence-corrected chi connectivity index (χ3v) is 4.85. The first-order valence-electron chi connectivity index (χ1n) is 8.62. The summed E-state index contributed by atoms with van der Waals surface area (Å²) in [6.45, 7) is 3.38. The van der Waals surface area contributed by atoms with Crippen LogP contribution in [0, 0.1) is 5.92 Å². The van der Waals surface area contributed by atoms with E-state index in [1.54, 1.807) is 43.5 Å². The molecular formula is C21H23NO3. The van der Waals surface area contributed by atoms with Gasteiger partial charge in [-0.2, -0.15) is 0 Å². The maximum atomic E-state index is 13.0. The van der Waals surface area contributed by atoms with Crippen LogP contribution in [-0.2, 0) is 4.74 Å². The first-order valence-corrected chi connectivity index (χ1v) is 8.62. The number of methoxy groups -OCH3 is 1. The van der Waals surface area contributed by atoms with Crippen LogP contribution in [0.15, 0.2) is 54.6 Å². The van der Waals surface area contributed by atoms with Crippen LogP contribution in [0.5, 0.6) is 0 Å². The predicted octanol–water partition coefficient (Wildman–Crippen LogP) is 3.41. The van der Waals surface area contributed by atoms with Gasteiger partial charge in [0.15, 0.2) is 5.78 Å². The number of ether oxygens (including phenoxy) is 1.